The number of ether oxygens (including phenoxy) is 2. The molecule has 0 rings (SSSR count). The summed E-state index contributed by atoms with van der Waals surface area (Å²) in [5, 5.41) is 8.74. The number of hydrogen-bond donors (Lipinski definition) is 1. The Bertz CT molecular complexity index is 124. The van der Waals surface area contributed by atoms with Crippen molar-refractivity contribution in [3.8, 4) is 0 Å². The van der Waals surface area contributed by atoms with Gasteiger partial charge in [0.2, 0.25) is 0 Å². The Kier molecular flexibility index (Phi) is 6.70. The van der Waals surface area contributed by atoms with Crippen LogP contribution in [0.1, 0.15) is 20.3 Å². The zero-order chi connectivity index (χ0) is 9.40. The van der Waals surface area contributed by atoms with E-state index in [1.54, 1.807) is 6.92 Å². The summed E-state index contributed by atoms with van der Waals surface area (Å²) in [4.78, 5) is 10.8. The SMILES string of the molecule is CCOCC(CO)OC(=O)CC. The number of aliphatic hydroxyl groups is 1. The summed E-state index contributed by atoms with van der Waals surface area (Å²) in [5.41, 5.74) is 0. The molecule has 12 heavy (non-hydrogen) atoms. The van der Waals surface area contributed by atoms with E-state index in [0.717, 1.165) is 0 Å². The first kappa shape index (κ1) is 11.4. The largest absolute Gasteiger partial charge is 0.457 e. The predicted octanol–water partition coefficient (Wildman–Crippen LogP) is 0.337. The van der Waals surface area contributed by atoms with Gasteiger partial charge in [-0.25, -0.2) is 0 Å². The van der Waals surface area contributed by atoms with Gasteiger partial charge in [0.25, 0.3) is 0 Å². The van der Waals surface area contributed by atoms with E-state index in [1.165, 1.54) is 0 Å². The lowest BCUT2D eigenvalue weighted by Crippen LogP contribution is -2.26. The smallest absolute Gasteiger partial charge is 0.305 e. The molecule has 0 bridgehead atoms. The highest BCUT2D eigenvalue weighted by atomic mass is 16.6. The predicted molar refractivity (Wildman–Crippen MR) is 43.7 cm³/mol. The number of carbonyl (C=O) groups excluding carboxylic acids is 1. The van der Waals surface area contributed by atoms with Crippen molar-refractivity contribution in [3.05, 3.63) is 0 Å². The first-order chi connectivity index (χ1) is 5.74. The van der Waals surface area contributed by atoms with E-state index < -0.39 is 6.10 Å². The van der Waals surface area contributed by atoms with Gasteiger partial charge in [-0.1, -0.05) is 6.92 Å². The fraction of sp³-hybridized carbons (Fsp3) is 0.875. The van der Waals surface area contributed by atoms with Crippen LogP contribution in [0.25, 0.3) is 0 Å². The van der Waals surface area contributed by atoms with E-state index >= 15 is 0 Å². The summed E-state index contributed by atoms with van der Waals surface area (Å²) < 4.78 is 9.83. The maximum atomic E-state index is 10.8. The maximum absolute atomic E-state index is 10.8. The molecule has 0 aliphatic heterocycles. The summed E-state index contributed by atoms with van der Waals surface area (Å²) >= 11 is 0. The molecule has 1 N–H and O–H groups in total. The Morgan fingerprint density at radius 1 is 1.50 bits per heavy atom. The highest BCUT2D eigenvalue weighted by molar-refractivity contribution is 5.69. The van der Waals surface area contributed by atoms with Crippen LogP contribution in [0.3, 0.4) is 0 Å². The molecule has 0 aliphatic carbocycles. The first-order valence-electron chi connectivity index (χ1n) is 4.12. The van der Waals surface area contributed by atoms with Gasteiger partial charge in [0.1, 0.15) is 6.10 Å². The summed E-state index contributed by atoms with van der Waals surface area (Å²) in [6.07, 6.45) is -0.194. The van der Waals surface area contributed by atoms with Gasteiger partial charge in [0, 0.05) is 13.0 Å². The highest BCUT2D eigenvalue weighted by Gasteiger charge is 2.11. The Morgan fingerprint density at radius 3 is 2.58 bits per heavy atom. The van der Waals surface area contributed by atoms with Crippen molar-refractivity contribution in [3.63, 3.8) is 0 Å². The van der Waals surface area contributed by atoms with Crippen molar-refractivity contribution >= 4 is 5.97 Å². The molecule has 0 aromatic heterocycles. The van der Waals surface area contributed by atoms with Gasteiger partial charge in [-0.15, -0.1) is 0 Å². The monoisotopic (exact) mass is 176 g/mol. The highest BCUT2D eigenvalue weighted by Crippen LogP contribution is 1.95. The number of carbonyl (C=O) groups is 1. The average Bonchev–Trinajstić information content (AvgIpc) is 2.11. The first-order valence-corrected chi connectivity index (χ1v) is 4.12. The van der Waals surface area contributed by atoms with Crippen molar-refractivity contribution < 1.29 is 19.4 Å². The summed E-state index contributed by atoms with van der Waals surface area (Å²) in [7, 11) is 0. The molecule has 0 saturated carbocycles. The molecule has 72 valence electrons. The normalized spacial score (nSPS) is 12.6. The number of aliphatic hydroxyl groups excluding tert-OH is 1. The maximum Gasteiger partial charge on any atom is 0.305 e. The van der Waals surface area contributed by atoms with Crippen LogP contribution in [-0.2, 0) is 14.3 Å². The number of esters is 1. The van der Waals surface area contributed by atoms with Crippen LogP contribution < -0.4 is 0 Å². The topological polar surface area (TPSA) is 55.8 Å². The van der Waals surface area contributed by atoms with Gasteiger partial charge in [-0.2, -0.15) is 0 Å². The Labute approximate surface area is 72.5 Å². The van der Waals surface area contributed by atoms with Crippen molar-refractivity contribution in [2.75, 3.05) is 19.8 Å². The molecule has 1 atom stereocenters. The Balaban J connectivity index is 3.59. The van der Waals surface area contributed by atoms with Gasteiger partial charge >= 0.3 is 5.97 Å². The van der Waals surface area contributed by atoms with Gasteiger partial charge in [0.15, 0.2) is 0 Å². The second-order valence-electron chi connectivity index (χ2n) is 2.31. The van der Waals surface area contributed by atoms with Crippen LogP contribution in [0.15, 0.2) is 0 Å². The molecule has 0 radical (unpaired) electrons. The molecular weight excluding hydrogens is 160 g/mol. The summed E-state index contributed by atoms with van der Waals surface area (Å²) in [6, 6.07) is 0. The van der Waals surface area contributed by atoms with Gasteiger partial charge < -0.3 is 14.6 Å². The fourth-order valence-corrected chi connectivity index (χ4v) is 0.643. The molecule has 0 aromatic carbocycles. The van der Waals surface area contributed by atoms with E-state index in [0.29, 0.717) is 13.0 Å². The summed E-state index contributed by atoms with van der Waals surface area (Å²) in [6.45, 7) is 4.18. The molecular formula is C8H16O4. The fourth-order valence-electron chi connectivity index (χ4n) is 0.643. The standard InChI is InChI=1S/C8H16O4/c1-3-8(10)12-7(5-9)6-11-4-2/h7,9H,3-6H2,1-2H3. The summed E-state index contributed by atoms with van der Waals surface area (Å²) in [5.74, 6) is -0.311. The average molecular weight is 176 g/mol. The third-order valence-electron chi connectivity index (χ3n) is 1.30. The molecule has 4 heteroatoms. The second-order valence-corrected chi connectivity index (χ2v) is 2.31. The Morgan fingerprint density at radius 2 is 2.17 bits per heavy atom. The third kappa shape index (κ3) is 5.09. The van der Waals surface area contributed by atoms with Gasteiger partial charge in [0.05, 0.1) is 13.2 Å². The van der Waals surface area contributed by atoms with Crippen molar-refractivity contribution in [2.45, 2.75) is 26.4 Å². The lowest BCUT2D eigenvalue weighted by atomic mass is 10.4. The minimum Gasteiger partial charge on any atom is -0.457 e. The second kappa shape index (κ2) is 7.06. The molecule has 0 fully saturated rings. The van der Waals surface area contributed by atoms with Gasteiger partial charge in [-0.05, 0) is 6.92 Å². The number of rotatable bonds is 6. The quantitative estimate of drug-likeness (QED) is 0.593. The zero-order valence-electron chi connectivity index (χ0n) is 7.58. The number of hydrogen-bond acceptors (Lipinski definition) is 4. The molecule has 0 spiro atoms. The third-order valence-corrected chi connectivity index (χ3v) is 1.30. The van der Waals surface area contributed by atoms with Crippen LogP contribution in [0.4, 0.5) is 0 Å². The van der Waals surface area contributed by atoms with Crippen LogP contribution in [-0.4, -0.2) is 37.0 Å². The molecule has 4 nitrogen and oxygen atoms in total. The molecule has 1 unspecified atom stereocenters. The lowest BCUT2D eigenvalue weighted by Gasteiger charge is -2.14. The minimum absolute atomic E-state index is 0.189. The molecule has 0 aliphatic rings. The van der Waals surface area contributed by atoms with Gasteiger partial charge in [-0.3, -0.25) is 4.79 Å². The van der Waals surface area contributed by atoms with Crippen LogP contribution in [0.5, 0.6) is 0 Å². The van der Waals surface area contributed by atoms with E-state index in [2.05, 4.69) is 0 Å². The van der Waals surface area contributed by atoms with E-state index in [-0.39, 0.29) is 19.2 Å². The van der Waals surface area contributed by atoms with E-state index in [4.69, 9.17) is 14.6 Å². The van der Waals surface area contributed by atoms with E-state index in [1.807, 2.05) is 6.92 Å². The van der Waals surface area contributed by atoms with Crippen LogP contribution >= 0.6 is 0 Å². The van der Waals surface area contributed by atoms with Crippen LogP contribution in [0, 0.1) is 0 Å². The van der Waals surface area contributed by atoms with Crippen molar-refractivity contribution in [1.29, 1.82) is 0 Å². The molecule has 0 amide bonds. The molecule has 0 aromatic rings. The van der Waals surface area contributed by atoms with Crippen molar-refractivity contribution in [2.24, 2.45) is 0 Å². The zero-order valence-corrected chi connectivity index (χ0v) is 7.58. The van der Waals surface area contributed by atoms with Crippen LogP contribution in [0.2, 0.25) is 0 Å². The minimum atomic E-state index is -0.516. The Hall–Kier alpha value is -0.610. The van der Waals surface area contributed by atoms with E-state index in [9.17, 15) is 4.79 Å². The molecule has 0 heterocycles. The van der Waals surface area contributed by atoms with Crippen molar-refractivity contribution in [1.82, 2.24) is 0 Å². The molecule has 0 saturated heterocycles. The lowest BCUT2D eigenvalue weighted by molar-refractivity contribution is -0.154.